The Balaban J connectivity index is 1.76. The molecule has 84 valence electrons. The molecular weight excluding hydrogens is 224 g/mol. The van der Waals surface area contributed by atoms with Crippen LogP contribution in [0, 0.1) is 5.92 Å². The SMILES string of the molecule is C1=CC(CSc2ccc3ccccc3c2)C=C1. The van der Waals surface area contributed by atoms with E-state index in [1.54, 1.807) is 0 Å². The van der Waals surface area contributed by atoms with Crippen LogP contribution in [0.25, 0.3) is 10.8 Å². The number of hydrogen-bond acceptors (Lipinski definition) is 1. The largest absolute Gasteiger partial charge is 0.125 e. The van der Waals surface area contributed by atoms with Crippen LogP contribution in [0.4, 0.5) is 0 Å². The molecule has 0 aromatic heterocycles. The summed E-state index contributed by atoms with van der Waals surface area (Å²) in [5.41, 5.74) is 0. The van der Waals surface area contributed by atoms with Gasteiger partial charge in [-0.05, 0) is 22.9 Å². The van der Waals surface area contributed by atoms with Crippen molar-refractivity contribution in [2.45, 2.75) is 4.90 Å². The lowest BCUT2D eigenvalue weighted by Gasteiger charge is -2.06. The van der Waals surface area contributed by atoms with Gasteiger partial charge in [-0.25, -0.2) is 0 Å². The van der Waals surface area contributed by atoms with Crippen LogP contribution in [0.5, 0.6) is 0 Å². The summed E-state index contributed by atoms with van der Waals surface area (Å²) in [7, 11) is 0. The zero-order valence-electron chi connectivity index (χ0n) is 9.54. The molecule has 1 aliphatic carbocycles. The van der Waals surface area contributed by atoms with Crippen molar-refractivity contribution < 1.29 is 0 Å². The van der Waals surface area contributed by atoms with Crippen LogP contribution in [-0.2, 0) is 0 Å². The highest BCUT2D eigenvalue weighted by Gasteiger charge is 2.04. The van der Waals surface area contributed by atoms with Gasteiger partial charge in [-0.15, -0.1) is 11.8 Å². The second-order valence-electron chi connectivity index (χ2n) is 4.25. The fraction of sp³-hybridized carbons (Fsp3) is 0.125. The third-order valence-corrected chi connectivity index (χ3v) is 4.13. The third kappa shape index (κ3) is 2.45. The molecule has 0 fully saturated rings. The minimum Gasteiger partial charge on any atom is -0.125 e. The van der Waals surface area contributed by atoms with E-state index in [4.69, 9.17) is 0 Å². The van der Waals surface area contributed by atoms with Crippen LogP contribution in [0.1, 0.15) is 0 Å². The van der Waals surface area contributed by atoms with E-state index in [2.05, 4.69) is 66.8 Å². The van der Waals surface area contributed by atoms with Gasteiger partial charge in [0.25, 0.3) is 0 Å². The van der Waals surface area contributed by atoms with Gasteiger partial charge in [-0.2, -0.15) is 0 Å². The molecule has 0 bridgehead atoms. The fourth-order valence-electron chi connectivity index (χ4n) is 2.04. The Kier molecular flexibility index (Phi) is 3.02. The molecule has 0 atom stereocenters. The van der Waals surface area contributed by atoms with Crippen LogP contribution >= 0.6 is 11.8 Å². The maximum Gasteiger partial charge on any atom is 0.00786 e. The zero-order valence-corrected chi connectivity index (χ0v) is 10.4. The fourth-order valence-corrected chi connectivity index (χ4v) is 3.02. The topological polar surface area (TPSA) is 0 Å². The lowest BCUT2D eigenvalue weighted by Crippen LogP contribution is -1.92. The smallest absolute Gasteiger partial charge is 0.00786 e. The highest BCUT2D eigenvalue weighted by Crippen LogP contribution is 2.26. The molecule has 0 saturated carbocycles. The van der Waals surface area contributed by atoms with Crippen LogP contribution in [0.15, 0.2) is 71.7 Å². The molecule has 0 heterocycles. The molecule has 0 unspecified atom stereocenters. The van der Waals surface area contributed by atoms with Crippen molar-refractivity contribution in [3.8, 4) is 0 Å². The average Bonchev–Trinajstić information content (AvgIpc) is 2.89. The summed E-state index contributed by atoms with van der Waals surface area (Å²) in [5, 5.41) is 2.65. The van der Waals surface area contributed by atoms with Crippen molar-refractivity contribution >= 4 is 22.5 Å². The summed E-state index contributed by atoms with van der Waals surface area (Å²) in [6.45, 7) is 0. The Morgan fingerprint density at radius 1 is 0.882 bits per heavy atom. The van der Waals surface area contributed by atoms with Crippen molar-refractivity contribution in [1.82, 2.24) is 0 Å². The molecule has 2 aromatic rings. The first-order chi connectivity index (χ1) is 8.42. The van der Waals surface area contributed by atoms with E-state index in [-0.39, 0.29) is 0 Å². The summed E-state index contributed by atoms with van der Waals surface area (Å²) in [6.07, 6.45) is 8.78. The number of benzene rings is 2. The molecule has 0 amide bonds. The summed E-state index contributed by atoms with van der Waals surface area (Å²) < 4.78 is 0. The van der Waals surface area contributed by atoms with E-state index in [9.17, 15) is 0 Å². The molecule has 0 saturated heterocycles. The van der Waals surface area contributed by atoms with Gasteiger partial charge in [0, 0.05) is 16.6 Å². The van der Waals surface area contributed by atoms with E-state index < -0.39 is 0 Å². The Hall–Kier alpha value is -1.47. The average molecular weight is 238 g/mol. The molecule has 2 aromatic carbocycles. The maximum atomic E-state index is 2.28. The summed E-state index contributed by atoms with van der Waals surface area (Å²) >= 11 is 1.93. The van der Waals surface area contributed by atoms with Crippen LogP contribution in [0.3, 0.4) is 0 Å². The summed E-state index contributed by atoms with van der Waals surface area (Å²) in [5.74, 6) is 1.73. The first-order valence-electron chi connectivity index (χ1n) is 5.88. The predicted octanol–water partition coefficient (Wildman–Crippen LogP) is 4.67. The molecule has 0 nitrogen and oxygen atoms in total. The summed E-state index contributed by atoms with van der Waals surface area (Å²) in [6, 6.07) is 15.2. The van der Waals surface area contributed by atoms with Crippen LogP contribution in [-0.4, -0.2) is 5.75 Å². The molecule has 0 spiro atoms. The van der Waals surface area contributed by atoms with E-state index >= 15 is 0 Å². The number of allylic oxidation sites excluding steroid dienone is 4. The molecule has 17 heavy (non-hydrogen) atoms. The second kappa shape index (κ2) is 4.80. The molecule has 0 radical (unpaired) electrons. The van der Waals surface area contributed by atoms with Crippen molar-refractivity contribution in [2.24, 2.45) is 5.92 Å². The monoisotopic (exact) mass is 238 g/mol. The normalized spacial score (nSPS) is 14.8. The minimum absolute atomic E-state index is 0.603. The minimum atomic E-state index is 0.603. The van der Waals surface area contributed by atoms with Gasteiger partial charge in [0.1, 0.15) is 0 Å². The lowest BCUT2D eigenvalue weighted by atomic mass is 10.1. The van der Waals surface area contributed by atoms with Crippen LogP contribution < -0.4 is 0 Å². The first-order valence-corrected chi connectivity index (χ1v) is 6.87. The van der Waals surface area contributed by atoms with E-state index in [1.807, 2.05) is 11.8 Å². The van der Waals surface area contributed by atoms with Crippen molar-refractivity contribution in [2.75, 3.05) is 5.75 Å². The standard InChI is InChI=1S/C16H14S/c1-2-6-13(5-1)12-17-16-10-9-14-7-3-4-8-15(14)11-16/h1-11,13H,12H2. The maximum absolute atomic E-state index is 2.28. The van der Waals surface area contributed by atoms with E-state index in [0.717, 1.165) is 5.75 Å². The Bertz CT molecular complexity index is 569. The van der Waals surface area contributed by atoms with E-state index in [1.165, 1.54) is 15.7 Å². The first kappa shape index (κ1) is 10.7. The number of rotatable bonds is 3. The second-order valence-corrected chi connectivity index (χ2v) is 5.35. The van der Waals surface area contributed by atoms with E-state index in [0.29, 0.717) is 5.92 Å². The molecular formula is C16H14S. The van der Waals surface area contributed by atoms with Crippen molar-refractivity contribution in [1.29, 1.82) is 0 Å². The van der Waals surface area contributed by atoms with Gasteiger partial charge in [-0.3, -0.25) is 0 Å². The molecule has 0 aliphatic heterocycles. The summed E-state index contributed by atoms with van der Waals surface area (Å²) in [4.78, 5) is 1.36. The van der Waals surface area contributed by atoms with Gasteiger partial charge < -0.3 is 0 Å². The predicted molar refractivity (Wildman–Crippen MR) is 76.4 cm³/mol. The van der Waals surface area contributed by atoms with Gasteiger partial charge in [0.05, 0.1) is 0 Å². The number of thioether (sulfide) groups is 1. The lowest BCUT2D eigenvalue weighted by molar-refractivity contribution is 0.975. The van der Waals surface area contributed by atoms with Gasteiger partial charge in [0.2, 0.25) is 0 Å². The van der Waals surface area contributed by atoms with Gasteiger partial charge in [0.15, 0.2) is 0 Å². The Morgan fingerprint density at radius 3 is 2.47 bits per heavy atom. The highest BCUT2D eigenvalue weighted by atomic mass is 32.2. The quantitative estimate of drug-likeness (QED) is 0.700. The molecule has 3 rings (SSSR count). The zero-order chi connectivity index (χ0) is 11.5. The van der Waals surface area contributed by atoms with Crippen molar-refractivity contribution in [3.63, 3.8) is 0 Å². The van der Waals surface area contributed by atoms with Gasteiger partial charge in [-0.1, -0.05) is 54.6 Å². The van der Waals surface area contributed by atoms with Crippen LogP contribution in [0.2, 0.25) is 0 Å². The highest BCUT2D eigenvalue weighted by molar-refractivity contribution is 7.99. The number of fused-ring (bicyclic) bond motifs is 1. The third-order valence-electron chi connectivity index (χ3n) is 2.99. The Morgan fingerprint density at radius 2 is 1.65 bits per heavy atom. The Labute approximate surface area is 106 Å². The molecule has 1 aliphatic rings. The molecule has 0 N–H and O–H groups in total. The molecule has 1 heteroatoms. The van der Waals surface area contributed by atoms with Gasteiger partial charge >= 0.3 is 0 Å². The van der Waals surface area contributed by atoms with Crippen molar-refractivity contribution in [3.05, 3.63) is 66.8 Å². The number of hydrogen-bond donors (Lipinski definition) is 0.